The van der Waals surface area contributed by atoms with Crippen molar-refractivity contribution in [2.45, 2.75) is 13.3 Å². The van der Waals surface area contributed by atoms with Gasteiger partial charge in [0.25, 0.3) is 0 Å². The molecular weight excluding hydrogens is 279 g/mol. The van der Waals surface area contributed by atoms with Crippen molar-refractivity contribution in [1.29, 1.82) is 0 Å². The van der Waals surface area contributed by atoms with Crippen molar-refractivity contribution in [3.05, 3.63) is 66.8 Å². The van der Waals surface area contributed by atoms with Crippen LogP contribution in [0.5, 0.6) is 0 Å². The molecule has 1 aromatic rings. The maximum absolute atomic E-state index is 4.12. The molecule has 1 unspecified atom stereocenters. The third kappa shape index (κ3) is 5.28. The average Bonchev–Trinajstić information content (AvgIpc) is 2.74. The summed E-state index contributed by atoms with van der Waals surface area (Å²) in [5.41, 5.74) is 3.83. The van der Waals surface area contributed by atoms with Crippen LogP contribution in [0, 0.1) is 5.92 Å². The number of rotatable bonds is 6. The molecule has 2 rings (SSSR count). The molecule has 0 aliphatic carbocycles. The number of benzene rings is 1. The zero-order valence-electron chi connectivity index (χ0n) is 14.4. The number of hydrogen-bond acceptors (Lipinski definition) is 2. The Kier molecular flexibility index (Phi) is 6.45. The monoisotopic (exact) mass is 306 g/mol. The minimum absolute atomic E-state index is 0.554. The fourth-order valence-corrected chi connectivity index (χ4v) is 2.97. The molecule has 1 heterocycles. The normalized spacial score (nSPS) is 18.1. The molecule has 1 aliphatic rings. The molecule has 0 aromatic heterocycles. The van der Waals surface area contributed by atoms with Crippen LogP contribution in [0.15, 0.2) is 66.8 Å². The summed E-state index contributed by atoms with van der Waals surface area (Å²) in [6, 6.07) is 10.7. The van der Waals surface area contributed by atoms with E-state index < -0.39 is 0 Å². The van der Waals surface area contributed by atoms with Crippen molar-refractivity contribution in [3.63, 3.8) is 0 Å². The minimum atomic E-state index is 0.554. The van der Waals surface area contributed by atoms with E-state index in [-0.39, 0.29) is 0 Å². The van der Waals surface area contributed by atoms with Crippen LogP contribution in [0.1, 0.15) is 13.3 Å². The number of hydrogen-bond donors (Lipinski definition) is 0. The molecule has 0 amide bonds. The molecule has 0 fully saturated rings. The van der Waals surface area contributed by atoms with E-state index in [1.807, 2.05) is 12.9 Å². The van der Waals surface area contributed by atoms with Gasteiger partial charge in [-0.25, -0.2) is 0 Å². The Morgan fingerprint density at radius 1 is 1.39 bits per heavy atom. The summed E-state index contributed by atoms with van der Waals surface area (Å²) < 4.78 is 0. The van der Waals surface area contributed by atoms with Crippen LogP contribution in [0.2, 0.25) is 0 Å². The number of anilines is 1. The molecule has 2 nitrogen and oxygen atoms in total. The van der Waals surface area contributed by atoms with E-state index in [2.05, 4.69) is 73.3 Å². The van der Waals surface area contributed by atoms with E-state index in [0.717, 1.165) is 31.8 Å². The van der Waals surface area contributed by atoms with Crippen molar-refractivity contribution in [2.24, 2.45) is 5.92 Å². The quantitative estimate of drug-likeness (QED) is 0.586. The summed E-state index contributed by atoms with van der Waals surface area (Å²) in [5.74, 6) is 4.34. The summed E-state index contributed by atoms with van der Waals surface area (Å²) in [6.07, 6.45) is 3.53. The van der Waals surface area contributed by atoms with Gasteiger partial charge in [-0.05, 0) is 0 Å². The van der Waals surface area contributed by atoms with Gasteiger partial charge >= 0.3 is 141 Å². The number of para-hydroxylation sites is 1. The third-order valence-corrected chi connectivity index (χ3v) is 4.21. The van der Waals surface area contributed by atoms with Crippen molar-refractivity contribution >= 4 is 18.6 Å². The van der Waals surface area contributed by atoms with Gasteiger partial charge in [-0.1, -0.05) is 0 Å². The topological polar surface area (TPSA) is 6.48 Å². The Hall–Kier alpha value is -2.03. The van der Waals surface area contributed by atoms with E-state index in [0.29, 0.717) is 5.92 Å². The molecule has 23 heavy (non-hydrogen) atoms. The fraction of sp³-hybridized carbons (Fsp3) is 0.350. The summed E-state index contributed by atoms with van der Waals surface area (Å²) in [6.45, 7) is 15.1. The van der Waals surface area contributed by atoms with Crippen LogP contribution in [-0.4, -0.2) is 44.5 Å². The Morgan fingerprint density at radius 3 is 2.83 bits per heavy atom. The first-order chi connectivity index (χ1) is 11.1. The van der Waals surface area contributed by atoms with Crippen molar-refractivity contribution in [1.82, 2.24) is 4.90 Å². The first-order valence-electron chi connectivity index (χ1n) is 8.29. The van der Waals surface area contributed by atoms with Crippen LogP contribution >= 0.6 is 0 Å². The Balaban J connectivity index is 1.98. The van der Waals surface area contributed by atoms with Gasteiger partial charge in [-0.15, -0.1) is 0 Å². The van der Waals surface area contributed by atoms with Gasteiger partial charge in [-0.3, -0.25) is 0 Å². The third-order valence-electron chi connectivity index (χ3n) is 4.21. The predicted molar refractivity (Wildman–Crippen MR) is 104 cm³/mol. The van der Waals surface area contributed by atoms with Crippen LogP contribution in [-0.2, 0) is 0 Å². The van der Waals surface area contributed by atoms with Crippen molar-refractivity contribution < 1.29 is 0 Å². The van der Waals surface area contributed by atoms with E-state index >= 15 is 0 Å². The second-order valence-electron chi connectivity index (χ2n) is 6.28. The first-order valence-corrected chi connectivity index (χ1v) is 8.29. The number of allylic oxidation sites excluding steroid dienone is 1. The molecule has 1 aliphatic heterocycles. The molecule has 0 spiro atoms. The molecule has 3 heteroatoms. The molecule has 1 atom stereocenters. The standard InChI is InChI=1S/C20H27BN2/c1-5-21-14-18(3)22(4)16-19-11-12-23(15-17(2)13-19)20-9-7-6-8-10-20/h5-10,13-14,17H,1,3,11-12,15-16H2,2,4H3. The van der Waals surface area contributed by atoms with Crippen molar-refractivity contribution in [3.8, 4) is 0 Å². The fourth-order valence-electron chi connectivity index (χ4n) is 2.97. The Bertz CT molecular complexity index is 589. The SMILES string of the molecule is C=C/B=C\C(=C)N(C)CC1=CC(C)CN(c2ccccc2)CC1. The maximum atomic E-state index is 4.12. The van der Waals surface area contributed by atoms with Gasteiger partial charge in [0, 0.05) is 0 Å². The van der Waals surface area contributed by atoms with E-state index in [1.165, 1.54) is 11.3 Å². The van der Waals surface area contributed by atoms with Gasteiger partial charge < -0.3 is 0 Å². The average molecular weight is 306 g/mol. The van der Waals surface area contributed by atoms with Gasteiger partial charge in [-0.2, -0.15) is 0 Å². The second-order valence-corrected chi connectivity index (χ2v) is 6.28. The second kappa shape index (κ2) is 8.57. The van der Waals surface area contributed by atoms with E-state index in [1.54, 1.807) is 5.98 Å². The predicted octanol–water partition coefficient (Wildman–Crippen LogP) is 3.55. The molecule has 120 valence electrons. The Morgan fingerprint density at radius 2 is 2.13 bits per heavy atom. The van der Waals surface area contributed by atoms with Crippen LogP contribution < -0.4 is 4.90 Å². The van der Waals surface area contributed by atoms with Gasteiger partial charge in [0.05, 0.1) is 0 Å². The summed E-state index contributed by atoms with van der Waals surface area (Å²) >= 11 is 0. The molecule has 0 bridgehead atoms. The zero-order chi connectivity index (χ0) is 16.7. The zero-order valence-corrected chi connectivity index (χ0v) is 14.4. The summed E-state index contributed by atoms with van der Waals surface area (Å²) in [4.78, 5) is 4.69. The van der Waals surface area contributed by atoms with Gasteiger partial charge in [0.15, 0.2) is 0 Å². The van der Waals surface area contributed by atoms with Crippen molar-refractivity contribution in [2.75, 3.05) is 31.6 Å². The first kappa shape index (κ1) is 17.3. The molecule has 1 aromatic carbocycles. The molecule has 0 N–H and O–H groups in total. The molecule has 0 saturated carbocycles. The summed E-state index contributed by atoms with van der Waals surface area (Å²) in [5, 5.41) is 0. The van der Waals surface area contributed by atoms with Crippen LogP contribution in [0.4, 0.5) is 5.69 Å². The number of nitrogens with zero attached hydrogens (tertiary/aromatic N) is 2. The number of likely N-dealkylation sites (N-methyl/N-ethyl adjacent to an activating group) is 1. The van der Waals surface area contributed by atoms with Crippen LogP contribution in [0.25, 0.3) is 0 Å². The molecule has 0 radical (unpaired) electrons. The van der Waals surface area contributed by atoms with E-state index in [9.17, 15) is 0 Å². The van der Waals surface area contributed by atoms with Gasteiger partial charge in [0.2, 0.25) is 0 Å². The molecular formula is C20H27BN2. The van der Waals surface area contributed by atoms with E-state index in [4.69, 9.17) is 0 Å². The van der Waals surface area contributed by atoms with Crippen LogP contribution in [0.3, 0.4) is 0 Å². The van der Waals surface area contributed by atoms with Gasteiger partial charge in [0.1, 0.15) is 0 Å². The Labute approximate surface area is 141 Å². The molecule has 0 saturated heterocycles. The summed E-state index contributed by atoms with van der Waals surface area (Å²) in [7, 11) is 2.10.